The predicted octanol–water partition coefficient (Wildman–Crippen LogP) is 4.63. The smallest absolute Gasteiger partial charge is 0.239 e. The van der Waals surface area contributed by atoms with Crippen molar-refractivity contribution in [2.24, 2.45) is 5.92 Å². The number of ether oxygens (including phenoxy) is 1. The number of rotatable bonds is 7. The summed E-state index contributed by atoms with van der Waals surface area (Å²) in [5.74, 6) is 1.40. The van der Waals surface area contributed by atoms with Crippen molar-refractivity contribution in [2.45, 2.75) is 31.7 Å². The van der Waals surface area contributed by atoms with Crippen molar-refractivity contribution in [1.82, 2.24) is 5.32 Å². The molecule has 0 aliphatic heterocycles. The van der Waals surface area contributed by atoms with Crippen molar-refractivity contribution < 1.29 is 9.53 Å². The van der Waals surface area contributed by atoms with E-state index >= 15 is 0 Å². The number of nitrogens with one attached hydrogen (secondary N) is 2. The normalized spacial score (nSPS) is 15.9. The molecular formula is C25H26N2O2. The predicted molar refractivity (Wildman–Crippen MR) is 116 cm³/mol. The molecule has 148 valence electrons. The molecule has 3 aromatic carbocycles. The highest BCUT2D eigenvalue weighted by molar-refractivity contribution is 6.00. The van der Waals surface area contributed by atoms with E-state index in [2.05, 4.69) is 53.1 Å². The highest BCUT2D eigenvalue weighted by Gasteiger charge is 2.33. The zero-order valence-corrected chi connectivity index (χ0v) is 16.7. The van der Waals surface area contributed by atoms with Gasteiger partial charge in [-0.3, -0.25) is 4.79 Å². The molecule has 29 heavy (non-hydrogen) atoms. The van der Waals surface area contributed by atoms with Gasteiger partial charge in [0.1, 0.15) is 5.75 Å². The van der Waals surface area contributed by atoms with Gasteiger partial charge in [0.15, 0.2) is 0 Å². The lowest BCUT2D eigenvalue weighted by Gasteiger charge is -2.20. The molecule has 0 radical (unpaired) electrons. The number of hydrogen-bond donors (Lipinski definition) is 2. The number of methoxy groups -OCH3 is 1. The first-order valence-electron chi connectivity index (χ1n) is 10.4. The van der Waals surface area contributed by atoms with Crippen LogP contribution in [0.3, 0.4) is 0 Å². The summed E-state index contributed by atoms with van der Waals surface area (Å²) in [6.07, 6.45) is 4.56. The zero-order chi connectivity index (χ0) is 19.8. The molecule has 3 aromatic rings. The van der Waals surface area contributed by atoms with Crippen LogP contribution in [0.25, 0.3) is 10.8 Å². The first kappa shape index (κ1) is 18.0. The molecule has 2 aliphatic carbocycles. The van der Waals surface area contributed by atoms with Crippen LogP contribution in [0.2, 0.25) is 0 Å². The SMILES string of the molecule is COc1ccc(C(NC(=O)CNc2ccc3c4c(cccc24)CC3)C2CC2)cc1. The van der Waals surface area contributed by atoms with Crippen molar-refractivity contribution in [3.05, 3.63) is 71.3 Å². The molecule has 1 fully saturated rings. The maximum absolute atomic E-state index is 12.7. The summed E-state index contributed by atoms with van der Waals surface area (Å²) in [6.45, 7) is 0.276. The van der Waals surface area contributed by atoms with Crippen LogP contribution in [0.1, 0.15) is 35.6 Å². The van der Waals surface area contributed by atoms with Crippen molar-refractivity contribution in [2.75, 3.05) is 19.0 Å². The van der Waals surface area contributed by atoms with Crippen LogP contribution < -0.4 is 15.4 Å². The number of aryl methyl sites for hydroxylation is 2. The molecule has 0 spiro atoms. The van der Waals surface area contributed by atoms with E-state index in [4.69, 9.17) is 4.74 Å². The third-order valence-corrected chi connectivity index (χ3v) is 6.20. The Bertz CT molecular complexity index is 1040. The average Bonchev–Trinajstić information content (AvgIpc) is 3.52. The average molecular weight is 386 g/mol. The molecule has 1 amide bonds. The summed E-state index contributed by atoms with van der Waals surface area (Å²) in [5.41, 5.74) is 5.01. The summed E-state index contributed by atoms with van der Waals surface area (Å²) < 4.78 is 5.25. The maximum Gasteiger partial charge on any atom is 0.239 e. The molecule has 4 nitrogen and oxygen atoms in total. The summed E-state index contributed by atoms with van der Waals surface area (Å²) in [4.78, 5) is 12.7. The fraction of sp³-hybridized carbons (Fsp3) is 0.320. The second kappa shape index (κ2) is 7.43. The number of amides is 1. The van der Waals surface area contributed by atoms with Crippen LogP contribution in [0.15, 0.2) is 54.6 Å². The van der Waals surface area contributed by atoms with Crippen LogP contribution >= 0.6 is 0 Å². The Hall–Kier alpha value is -3.01. The Balaban J connectivity index is 1.29. The second-order valence-electron chi connectivity index (χ2n) is 8.12. The first-order valence-corrected chi connectivity index (χ1v) is 10.4. The monoisotopic (exact) mass is 386 g/mol. The van der Waals surface area contributed by atoms with E-state index in [1.165, 1.54) is 34.7 Å². The number of carbonyl (C=O) groups excluding carboxylic acids is 1. The van der Waals surface area contributed by atoms with Crippen LogP contribution in [-0.2, 0) is 17.6 Å². The lowest BCUT2D eigenvalue weighted by molar-refractivity contribution is -0.120. The van der Waals surface area contributed by atoms with Crippen molar-refractivity contribution in [3.63, 3.8) is 0 Å². The van der Waals surface area contributed by atoms with Crippen molar-refractivity contribution in [3.8, 4) is 5.75 Å². The number of hydrogen-bond acceptors (Lipinski definition) is 3. The van der Waals surface area contributed by atoms with E-state index in [1.54, 1.807) is 7.11 Å². The van der Waals surface area contributed by atoms with E-state index in [0.717, 1.165) is 29.8 Å². The van der Waals surface area contributed by atoms with Crippen LogP contribution in [0.5, 0.6) is 5.75 Å². The molecule has 0 bridgehead atoms. The highest BCUT2D eigenvalue weighted by Crippen LogP contribution is 2.41. The van der Waals surface area contributed by atoms with E-state index < -0.39 is 0 Å². The molecule has 1 unspecified atom stereocenters. The van der Waals surface area contributed by atoms with E-state index in [1.807, 2.05) is 12.1 Å². The Morgan fingerprint density at radius 3 is 2.52 bits per heavy atom. The molecule has 2 N–H and O–H groups in total. The summed E-state index contributed by atoms with van der Waals surface area (Å²) in [5, 5.41) is 9.20. The Morgan fingerprint density at radius 2 is 1.79 bits per heavy atom. The Kier molecular flexibility index (Phi) is 4.62. The lowest BCUT2D eigenvalue weighted by Crippen LogP contribution is -2.34. The van der Waals surface area contributed by atoms with Crippen molar-refractivity contribution >= 4 is 22.4 Å². The van der Waals surface area contributed by atoms with Crippen LogP contribution in [0.4, 0.5) is 5.69 Å². The Labute approximate surface area is 171 Å². The summed E-state index contributed by atoms with van der Waals surface area (Å²) in [6, 6.07) is 18.9. The molecule has 1 atom stereocenters. The van der Waals surface area contributed by atoms with Gasteiger partial charge in [0, 0.05) is 11.1 Å². The maximum atomic E-state index is 12.7. The van der Waals surface area contributed by atoms with Gasteiger partial charge in [-0.15, -0.1) is 0 Å². The Morgan fingerprint density at radius 1 is 1.03 bits per heavy atom. The van der Waals surface area contributed by atoms with Gasteiger partial charge in [-0.2, -0.15) is 0 Å². The van der Waals surface area contributed by atoms with Gasteiger partial charge in [0.2, 0.25) is 5.91 Å². The van der Waals surface area contributed by atoms with Gasteiger partial charge >= 0.3 is 0 Å². The molecule has 5 rings (SSSR count). The largest absolute Gasteiger partial charge is 0.497 e. The van der Waals surface area contributed by atoms with Gasteiger partial charge in [-0.25, -0.2) is 0 Å². The topological polar surface area (TPSA) is 50.4 Å². The fourth-order valence-electron chi connectivity index (χ4n) is 4.52. The van der Waals surface area contributed by atoms with Gasteiger partial charge in [-0.05, 0) is 71.9 Å². The number of benzene rings is 3. The highest BCUT2D eigenvalue weighted by atomic mass is 16.5. The number of anilines is 1. The quantitative estimate of drug-likeness (QED) is 0.623. The van der Waals surface area contributed by atoms with E-state index in [9.17, 15) is 4.79 Å². The molecule has 0 heterocycles. The minimum Gasteiger partial charge on any atom is -0.497 e. The third-order valence-electron chi connectivity index (χ3n) is 6.20. The molecular weight excluding hydrogens is 360 g/mol. The van der Waals surface area contributed by atoms with Gasteiger partial charge in [0.05, 0.1) is 19.7 Å². The van der Waals surface area contributed by atoms with Crippen LogP contribution in [0, 0.1) is 5.92 Å². The minimum absolute atomic E-state index is 0.0287. The molecule has 4 heteroatoms. The minimum atomic E-state index is 0.0287. The van der Waals surface area contributed by atoms with Gasteiger partial charge in [-0.1, -0.05) is 36.4 Å². The fourth-order valence-corrected chi connectivity index (χ4v) is 4.52. The zero-order valence-electron chi connectivity index (χ0n) is 16.7. The van der Waals surface area contributed by atoms with Gasteiger partial charge < -0.3 is 15.4 Å². The number of carbonyl (C=O) groups is 1. The van der Waals surface area contributed by atoms with Gasteiger partial charge in [0.25, 0.3) is 0 Å². The summed E-state index contributed by atoms with van der Waals surface area (Å²) >= 11 is 0. The standard InChI is InChI=1S/C25H26N2O2/c1-29-20-12-9-19(10-13-20)25(18-7-8-18)27-23(28)15-26-22-14-11-17-6-5-16-3-2-4-21(22)24(16)17/h2-4,9-14,18,25-26H,5-8,15H2,1H3,(H,27,28). The molecule has 0 saturated heterocycles. The van der Waals surface area contributed by atoms with E-state index in [0.29, 0.717) is 5.92 Å². The molecule has 0 aromatic heterocycles. The summed E-state index contributed by atoms with van der Waals surface area (Å²) in [7, 11) is 1.67. The van der Waals surface area contributed by atoms with Crippen molar-refractivity contribution in [1.29, 1.82) is 0 Å². The third kappa shape index (κ3) is 3.55. The van der Waals surface area contributed by atoms with E-state index in [-0.39, 0.29) is 18.5 Å². The molecule has 2 aliphatic rings. The van der Waals surface area contributed by atoms with Crippen LogP contribution in [-0.4, -0.2) is 19.6 Å². The second-order valence-corrected chi connectivity index (χ2v) is 8.12. The first-order chi connectivity index (χ1) is 14.2. The molecule has 1 saturated carbocycles. The lowest BCUT2D eigenvalue weighted by atomic mass is 10.0.